The summed E-state index contributed by atoms with van der Waals surface area (Å²) in [6, 6.07) is 1.54. The number of nitrogens with two attached hydrogens (primary N) is 1. The van der Waals surface area contributed by atoms with Crippen molar-refractivity contribution in [3.8, 4) is 0 Å². The minimum absolute atomic E-state index is 0.262. The normalized spacial score (nSPS) is 11.6. The van der Waals surface area contributed by atoms with E-state index in [1.165, 1.54) is 11.1 Å². The van der Waals surface area contributed by atoms with E-state index in [0.717, 1.165) is 0 Å². The molecule has 96 valence electrons. The quantitative estimate of drug-likeness (QED) is 0.928. The number of nitrogen functional groups attached to an aromatic ring is 1. The van der Waals surface area contributed by atoms with Gasteiger partial charge in [-0.3, -0.25) is 0 Å². The molecule has 0 amide bonds. The molecular formula is C10H13BrF3N3. The lowest BCUT2D eigenvalue weighted by atomic mass is 10.3. The van der Waals surface area contributed by atoms with Crippen LogP contribution in [0.15, 0.2) is 16.7 Å². The number of rotatable bonds is 4. The lowest BCUT2D eigenvalue weighted by Gasteiger charge is -2.25. The molecule has 0 aromatic carbocycles. The molecule has 0 spiro atoms. The molecular weight excluding hydrogens is 299 g/mol. The van der Waals surface area contributed by atoms with Crippen LogP contribution in [0.5, 0.6) is 0 Å². The van der Waals surface area contributed by atoms with E-state index < -0.39 is 12.7 Å². The Hall–Kier alpha value is -0.980. The summed E-state index contributed by atoms with van der Waals surface area (Å²) in [7, 11) is 0. The zero-order chi connectivity index (χ0) is 13.1. The van der Waals surface area contributed by atoms with Gasteiger partial charge in [-0.25, -0.2) is 4.98 Å². The van der Waals surface area contributed by atoms with Crippen LogP contribution >= 0.6 is 15.9 Å². The van der Waals surface area contributed by atoms with Gasteiger partial charge in [-0.2, -0.15) is 13.2 Å². The molecule has 1 aromatic rings. The van der Waals surface area contributed by atoms with Crippen LogP contribution in [-0.2, 0) is 0 Å². The van der Waals surface area contributed by atoms with Gasteiger partial charge >= 0.3 is 6.18 Å². The van der Waals surface area contributed by atoms with Crippen LogP contribution in [0.3, 0.4) is 0 Å². The number of anilines is 2. The fourth-order valence-corrected chi connectivity index (χ4v) is 2.04. The van der Waals surface area contributed by atoms with Crippen LogP contribution in [0, 0.1) is 0 Å². The zero-order valence-electron chi connectivity index (χ0n) is 9.26. The van der Waals surface area contributed by atoms with E-state index in [2.05, 4.69) is 20.9 Å². The summed E-state index contributed by atoms with van der Waals surface area (Å²) < 4.78 is 37.7. The van der Waals surface area contributed by atoms with Crippen LogP contribution in [0.4, 0.5) is 24.7 Å². The Bertz CT molecular complexity index is 382. The van der Waals surface area contributed by atoms with Crippen LogP contribution in [0.25, 0.3) is 0 Å². The Morgan fingerprint density at radius 3 is 2.59 bits per heavy atom. The van der Waals surface area contributed by atoms with E-state index in [1.807, 2.05) is 6.92 Å². The molecule has 0 saturated heterocycles. The molecule has 2 N–H and O–H groups in total. The average molecular weight is 312 g/mol. The molecule has 1 heterocycles. The molecule has 1 rings (SSSR count). The first-order valence-electron chi connectivity index (χ1n) is 5.06. The third kappa shape index (κ3) is 4.41. The number of aromatic nitrogens is 1. The van der Waals surface area contributed by atoms with E-state index >= 15 is 0 Å². The van der Waals surface area contributed by atoms with Crippen molar-refractivity contribution < 1.29 is 13.2 Å². The van der Waals surface area contributed by atoms with Gasteiger partial charge in [0, 0.05) is 6.54 Å². The van der Waals surface area contributed by atoms with Crippen LogP contribution in [0.2, 0.25) is 0 Å². The van der Waals surface area contributed by atoms with E-state index in [0.29, 0.717) is 16.6 Å². The summed E-state index contributed by atoms with van der Waals surface area (Å²) in [6.45, 7) is 1.08. The van der Waals surface area contributed by atoms with Crippen molar-refractivity contribution in [3.05, 3.63) is 16.7 Å². The van der Waals surface area contributed by atoms with Crippen LogP contribution < -0.4 is 10.6 Å². The summed E-state index contributed by atoms with van der Waals surface area (Å²) in [5, 5.41) is 0. The standard InChI is InChI=1S/C10H13BrF3N3/c1-2-3-17(6-10(12,13)14)9-8(11)4-7(15)5-16-9/h4-5H,2-3,6,15H2,1H3. The molecule has 17 heavy (non-hydrogen) atoms. The van der Waals surface area contributed by atoms with Crippen molar-refractivity contribution in [2.75, 3.05) is 23.7 Å². The highest BCUT2D eigenvalue weighted by atomic mass is 79.9. The van der Waals surface area contributed by atoms with Gasteiger partial charge < -0.3 is 10.6 Å². The van der Waals surface area contributed by atoms with E-state index in [4.69, 9.17) is 5.73 Å². The number of pyridine rings is 1. The molecule has 0 aliphatic heterocycles. The zero-order valence-corrected chi connectivity index (χ0v) is 10.8. The minimum atomic E-state index is -4.25. The SMILES string of the molecule is CCCN(CC(F)(F)F)c1ncc(N)cc1Br. The molecule has 0 atom stereocenters. The maximum Gasteiger partial charge on any atom is 0.405 e. The largest absolute Gasteiger partial charge is 0.405 e. The first-order valence-corrected chi connectivity index (χ1v) is 5.85. The smallest absolute Gasteiger partial charge is 0.397 e. The first-order chi connectivity index (χ1) is 7.83. The predicted molar refractivity (Wildman–Crippen MR) is 64.9 cm³/mol. The summed E-state index contributed by atoms with van der Waals surface area (Å²) in [5.41, 5.74) is 5.90. The lowest BCUT2D eigenvalue weighted by molar-refractivity contribution is -0.119. The second-order valence-electron chi connectivity index (χ2n) is 3.61. The molecule has 3 nitrogen and oxygen atoms in total. The van der Waals surface area contributed by atoms with E-state index in [9.17, 15) is 13.2 Å². The molecule has 7 heteroatoms. The monoisotopic (exact) mass is 311 g/mol. The maximum absolute atomic E-state index is 12.4. The molecule has 0 saturated carbocycles. The van der Waals surface area contributed by atoms with Gasteiger partial charge in [0.15, 0.2) is 0 Å². The van der Waals surface area contributed by atoms with E-state index in [-0.39, 0.29) is 12.4 Å². The van der Waals surface area contributed by atoms with Crippen LogP contribution in [0.1, 0.15) is 13.3 Å². The highest BCUT2D eigenvalue weighted by Gasteiger charge is 2.31. The Morgan fingerprint density at radius 1 is 1.47 bits per heavy atom. The fourth-order valence-electron chi connectivity index (χ4n) is 1.42. The van der Waals surface area contributed by atoms with Gasteiger partial charge in [-0.15, -0.1) is 0 Å². The van der Waals surface area contributed by atoms with Gasteiger partial charge in [-0.05, 0) is 28.4 Å². The molecule has 1 aromatic heterocycles. The van der Waals surface area contributed by atoms with Crippen molar-refractivity contribution in [1.29, 1.82) is 0 Å². The lowest BCUT2D eigenvalue weighted by Crippen LogP contribution is -2.35. The van der Waals surface area contributed by atoms with Crippen LogP contribution in [-0.4, -0.2) is 24.2 Å². The summed E-state index contributed by atoms with van der Waals surface area (Å²) in [4.78, 5) is 5.12. The van der Waals surface area contributed by atoms with Gasteiger partial charge in [0.05, 0.1) is 16.4 Å². The molecule has 0 aliphatic rings. The maximum atomic E-state index is 12.4. The van der Waals surface area contributed by atoms with Crippen molar-refractivity contribution in [2.24, 2.45) is 0 Å². The first kappa shape index (κ1) is 14.1. The Kier molecular flexibility index (Phi) is 4.62. The highest BCUT2D eigenvalue weighted by molar-refractivity contribution is 9.10. The fraction of sp³-hybridized carbons (Fsp3) is 0.500. The number of alkyl halides is 3. The van der Waals surface area contributed by atoms with Gasteiger partial charge in [0.25, 0.3) is 0 Å². The average Bonchev–Trinajstić information content (AvgIpc) is 2.14. The molecule has 0 unspecified atom stereocenters. The molecule has 0 radical (unpaired) electrons. The summed E-state index contributed by atoms with van der Waals surface area (Å²) in [5.74, 6) is 0.262. The number of hydrogen-bond donors (Lipinski definition) is 1. The second kappa shape index (κ2) is 5.57. The highest BCUT2D eigenvalue weighted by Crippen LogP contribution is 2.28. The number of halogens is 4. The summed E-state index contributed by atoms with van der Waals surface area (Å²) >= 11 is 3.17. The van der Waals surface area contributed by atoms with Crippen molar-refractivity contribution in [1.82, 2.24) is 4.98 Å². The van der Waals surface area contributed by atoms with Crippen molar-refractivity contribution >= 4 is 27.4 Å². The van der Waals surface area contributed by atoms with Crippen molar-refractivity contribution in [2.45, 2.75) is 19.5 Å². The Labute approximate surface area is 106 Å². The molecule has 0 fully saturated rings. The van der Waals surface area contributed by atoms with Crippen molar-refractivity contribution in [3.63, 3.8) is 0 Å². The van der Waals surface area contributed by atoms with E-state index in [1.54, 1.807) is 6.07 Å². The van der Waals surface area contributed by atoms with Gasteiger partial charge in [0.2, 0.25) is 0 Å². The Morgan fingerprint density at radius 2 is 2.12 bits per heavy atom. The molecule has 0 bridgehead atoms. The minimum Gasteiger partial charge on any atom is -0.397 e. The van der Waals surface area contributed by atoms with Gasteiger partial charge in [-0.1, -0.05) is 6.92 Å². The Balaban J connectivity index is 2.97. The second-order valence-corrected chi connectivity index (χ2v) is 4.47. The third-order valence-electron chi connectivity index (χ3n) is 2.01. The topological polar surface area (TPSA) is 42.2 Å². The molecule has 0 aliphatic carbocycles. The number of hydrogen-bond acceptors (Lipinski definition) is 3. The predicted octanol–water partition coefficient (Wildman–Crippen LogP) is 3.21. The number of nitrogens with zero attached hydrogens (tertiary/aromatic N) is 2. The van der Waals surface area contributed by atoms with Gasteiger partial charge in [0.1, 0.15) is 12.4 Å². The summed E-state index contributed by atoms with van der Waals surface area (Å²) in [6.07, 6.45) is -2.30. The third-order valence-corrected chi connectivity index (χ3v) is 2.59.